The van der Waals surface area contributed by atoms with E-state index in [0.717, 1.165) is 19.4 Å². The molecule has 1 amide bonds. The van der Waals surface area contributed by atoms with Gasteiger partial charge in [0, 0.05) is 19.5 Å². The molecule has 7 nitrogen and oxygen atoms in total. The average molecular weight is 378 g/mol. The minimum Gasteiger partial charge on any atom is -0.398 e. The summed E-state index contributed by atoms with van der Waals surface area (Å²) < 4.78 is 27.8. The van der Waals surface area contributed by atoms with E-state index < -0.39 is 24.0 Å². The Hall–Kier alpha value is -1.74. The van der Waals surface area contributed by atoms with Gasteiger partial charge in [-0.2, -0.15) is 0 Å². The third-order valence-electron chi connectivity index (χ3n) is 5.72. The summed E-state index contributed by atoms with van der Waals surface area (Å²) in [5.41, 5.74) is -1.33. The van der Waals surface area contributed by atoms with Crippen molar-refractivity contribution in [1.29, 1.82) is 0 Å². The van der Waals surface area contributed by atoms with Gasteiger partial charge in [0.2, 0.25) is 5.91 Å². The first-order chi connectivity index (χ1) is 12.6. The Balaban J connectivity index is 1.69. The second-order valence-electron chi connectivity index (χ2n) is 8.23. The van der Waals surface area contributed by atoms with E-state index in [1.165, 1.54) is 6.08 Å². The van der Waals surface area contributed by atoms with E-state index in [0.29, 0.717) is 18.7 Å². The van der Waals surface area contributed by atoms with E-state index in [1.54, 1.807) is 10.9 Å². The van der Waals surface area contributed by atoms with Crippen LogP contribution in [-0.4, -0.2) is 57.2 Å². The minimum atomic E-state index is -1.05. The second-order valence-corrected chi connectivity index (χ2v) is 8.23. The van der Waals surface area contributed by atoms with Crippen LogP contribution in [0, 0.1) is 0 Å². The average Bonchev–Trinajstić information content (AvgIpc) is 3.16. The lowest BCUT2D eigenvalue weighted by Crippen LogP contribution is -2.41. The molecule has 9 heteroatoms. The number of hydrogen-bond acceptors (Lipinski definition) is 5. The van der Waals surface area contributed by atoms with Gasteiger partial charge >= 0.3 is 7.12 Å². The van der Waals surface area contributed by atoms with Crippen LogP contribution in [0.3, 0.4) is 0 Å². The lowest BCUT2D eigenvalue weighted by molar-refractivity contribution is -0.132. The standard InChI is InChI=1S/C18H28BFN4O3/c1-6-16(25)23-9-7-8-14(12-23)24-11-13(21-22-24)10-15(20)19-26-17(2,3)18(4,5)27-19/h10-11,14H,6-9,12H2,1-5H3. The number of carbonyl (C=O) groups is 1. The molecule has 2 saturated heterocycles. The van der Waals surface area contributed by atoms with Crippen LogP contribution in [0.15, 0.2) is 11.9 Å². The fourth-order valence-electron chi connectivity index (χ4n) is 3.32. The SMILES string of the molecule is CCC(=O)N1CCCC(n2cc(C=C(F)B3OC(C)(C)C(C)(C)O3)nn2)C1. The summed E-state index contributed by atoms with van der Waals surface area (Å²) >= 11 is 0. The summed E-state index contributed by atoms with van der Waals surface area (Å²) in [6.45, 7) is 10.8. The zero-order chi connectivity index (χ0) is 19.8. The molecular formula is C18H28BFN4O3. The number of halogens is 1. The van der Waals surface area contributed by atoms with Gasteiger partial charge in [-0.15, -0.1) is 5.10 Å². The minimum absolute atomic E-state index is 0.0591. The largest absolute Gasteiger partial charge is 0.525 e. The monoisotopic (exact) mass is 378 g/mol. The van der Waals surface area contributed by atoms with Gasteiger partial charge < -0.3 is 14.2 Å². The highest BCUT2D eigenvalue weighted by molar-refractivity contribution is 6.54. The Bertz CT molecular complexity index is 718. The normalized spacial score (nSPS) is 25.1. The first-order valence-corrected chi connectivity index (χ1v) is 9.55. The molecule has 2 aliphatic heterocycles. The van der Waals surface area contributed by atoms with Gasteiger partial charge in [-0.05, 0) is 46.6 Å². The van der Waals surface area contributed by atoms with E-state index in [1.807, 2.05) is 39.5 Å². The maximum absolute atomic E-state index is 14.6. The number of rotatable bonds is 4. The molecule has 0 radical (unpaired) electrons. The highest BCUT2D eigenvalue weighted by Gasteiger charge is 2.53. The fourth-order valence-corrected chi connectivity index (χ4v) is 3.32. The third kappa shape index (κ3) is 4.08. The number of amides is 1. The zero-order valence-corrected chi connectivity index (χ0v) is 16.7. The summed E-state index contributed by atoms with van der Waals surface area (Å²) in [5.74, 6) is 0.145. The van der Waals surface area contributed by atoms with Crippen LogP contribution >= 0.6 is 0 Å². The molecule has 0 spiro atoms. The number of likely N-dealkylation sites (tertiary alicyclic amines) is 1. The third-order valence-corrected chi connectivity index (χ3v) is 5.72. The predicted molar refractivity (Wildman–Crippen MR) is 100 cm³/mol. The maximum atomic E-state index is 14.6. The van der Waals surface area contributed by atoms with Crippen molar-refractivity contribution in [3.8, 4) is 0 Å². The van der Waals surface area contributed by atoms with Crippen LogP contribution in [-0.2, 0) is 14.1 Å². The molecule has 1 aromatic rings. The van der Waals surface area contributed by atoms with Gasteiger partial charge in [0.1, 0.15) is 11.4 Å². The van der Waals surface area contributed by atoms with Crippen molar-refractivity contribution in [2.75, 3.05) is 13.1 Å². The predicted octanol–water partition coefficient (Wildman–Crippen LogP) is 2.79. The molecule has 0 N–H and O–H groups in total. The molecule has 1 unspecified atom stereocenters. The highest BCUT2D eigenvalue weighted by Crippen LogP contribution is 2.39. The van der Waals surface area contributed by atoms with Crippen LogP contribution in [0.4, 0.5) is 4.39 Å². The lowest BCUT2D eigenvalue weighted by Gasteiger charge is -2.32. The molecule has 1 aromatic heterocycles. The quantitative estimate of drug-likeness (QED) is 0.754. The summed E-state index contributed by atoms with van der Waals surface area (Å²) in [7, 11) is -1.05. The molecule has 1 atom stereocenters. The van der Waals surface area contributed by atoms with Crippen molar-refractivity contribution in [2.45, 2.75) is 71.1 Å². The molecule has 0 aliphatic carbocycles. The number of piperidine rings is 1. The van der Waals surface area contributed by atoms with Gasteiger partial charge in [-0.1, -0.05) is 12.1 Å². The number of aromatic nitrogens is 3. The molecule has 0 aromatic carbocycles. The van der Waals surface area contributed by atoms with Crippen molar-refractivity contribution < 1.29 is 18.5 Å². The topological polar surface area (TPSA) is 69.5 Å². The van der Waals surface area contributed by atoms with Gasteiger partial charge in [-0.25, -0.2) is 9.07 Å². The van der Waals surface area contributed by atoms with Crippen LogP contribution in [0.2, 0.25) is 0 Å². The van der Waals surface area contributed by atoms with Gasteiger partial charge in [0.05, 0.1) is 23.4 Å². The Labute approximate surface area is 160 Å². The Morgan fingerprint density at radius 2 is 2.04 bits per heavy atom. The van der Waals surface area contributed by atoms with Crippen molar-refractivity contribution in [3.63, 3.8) is 0 Å². The Morgan fingerprint density at radius 1 is 1.37 bits per heavy atom. The molecule has 148 valence electrons. The Morgan fingerprint density at radius 3 is 2.67 bits per heavy atom. The summed E-state index contributed by atoms with van der Waals surface area (Å²) in [4.78, 5) is 13.8. The number of hydrogen-bond donors (Lipinski definition) is 0. The molecule has 2 aliphatic rings. The van der Waals surface area contributed by atoms with E-state index in [-0.39, 0.29) is 11.9 Å². The molecule has 0 saturated carbocycles. The molecule has 3 heterocycles. The van der Waals surface area contributed by atoms with Gasteiger partial charge in [0.25, 0.3) is 0 Å². The zero-order valence-electron chi connectivity index (χ0n) is 16.7. The molecular weight excluding hydrogens is 350 g/mol. The molecule has 2 fully saturated rings. The number of nitrogens with zero attached hydrogens (tertiary/aromatic N) is 4. The number of carbonyl (C=O) groups excluding carboxylic acids is 1. The van der Waals surface area contributed by atoms with E-state index in [9.17, 15) is 9.18 Å². The van der Waals surface area contributed by atoms with Gasteiger partial charge in [0.15, 0.2) is 0 Å². The van der Waals surface area contributed by atoms with Crippen molar-refractivity contribution in [1.82, 2.24) is 19.9 Å². The van der Waals surface area contributed by atoms with Crippen LogP contribution in [0.1, 0.15) is 65.6 Å². The summed E-state index contributed by atoms with van der Waals surface area (Å²) in [5, 5.41) is 8.18. The first-order valence-electron chi connectivity index (χ1n) is 9.55. The van der Waals surface area contributed by atoms with E-state index >= 15 is 0 Å². The lowest BCUT2D eigenvalue weighted by atomic mass is 9.87. The summed E-state index contributed by atoms with van der Waals surface area (Å²) in [6.07, 6.45) is 5.33. The van der Waals surface area contributed by atoms with E-state index in [4.69, 9.17) is 9.31 Å². The van der Waals surface area contributed by atoms with Gasteiger partial charge in [-0.3, -0.25) is 4.79 Å². The smallest absolute Gasteiger partial charge is 0.398 e. The fraction of sp³-hybridized carbons (Fsp3) is 0.722. The van der Waals surface area contributed by atoms with Crippen molar-refractivity contribution in [3.05, 3.63) is 17.6 Å². The Kier molecular flexibility index (Phi) is 5.45. The van der Waals surface area contributed by atoms with Crippen molar-refractivity contribution >= 4 is 19.1 Å². The van der Waals surface area contributed by atoms with Crippen LogP contribution < -0.4 is 0 Å². The van der Waals surface area contributed by atoms with Crippen LogP contribution in [0.25, 0.3) is 6.08 Å². The summed E-state index contributed by atoms with van der Waals surface area (Å²) in [6, 6.07) is 0.0591. The van der Waals surface area contributed by atoms with Crippen LogP contribution in [0.5, 0.6) is 0 Å². The second kappa shape index (κ2) is 7.35. The highest BCUT2D eigenvalue weighted by atomic mass is 19.1. The molecule has 27 heavy (non-hydrogen) atoms. The maximum Gasteiger partial charge on any atom is 0.525 e. The van der Waals surface area contributed by atoms with Crippen molar-refractivity contribution in [2.24, 2.45) is 0 Å². The first kappa shape index (κ1) is 20.0. The van der Waals surface area contributed by atoms with E-state index in [2.05, 4.69) is 10.3 Å². The molecule has 3 rings (SSSR count). The molecule has 0 bridgehead atoms.